The SMILES string of the molecule is COc1ccc(Cc2cc(-c3[nH]c(=O)[nH]c3O)ccc2OC)cc1. The lowest BCUT2D eigenvalue weighted by molar-refractivity contribution is 0.410. The molecule has 0 aliphatic carbocycles. The number of hydrogen-bond donors (Lipinski definition) is 3. The molecule has 0 saturated carbocycles. The van der Waals surface area contributed by atoms with Crippen molar-refractivity contribution in [2.24, 2.45) is 0 Å². The fourth-order valence-corrected chi connectivity index (χ4v) is 2.62. The van der Waals surface area contributed by atoms with Gasteiger partial charge in [-0.3, -0.25) is 4.98 Å². The Labute approximate surface area is 138 Å². The quantitative estimate of drug-likeness (QED) is 0.673. The molecule has 0 bridgehead atoms. The minimum atomic E-state index is -0.449. The molecule has 1 aromatic heterocycles. The third-order valence-corrected chi connectivity index (χ3v) is 3.83. The van der Waals surface area contributed by atoms with Crippen molar-refractivity contribution in [1.29, 1.82) is 0 Å². The van der Waals surface area contributed by atoms with Crippen molar-refractivity contribution in [2.45, 2.75) is 6.42 Å². The van der Waals surface area contributed by atoms with Crippen LogP contribution in [0, 0.1) is 0 Å². The fraction of sp³-hybridized carbons (Fsp3) is 0.167. The van der Waals surface area contributed by atoms with E-state index >= 15 is 0 Å². The van der Waals surface area contributed by atoms with Crippen molar-refractivity contribution in [3.63, 3.8) is 0 Å². The van der Waals surface area contributed by atoms with Crippen molar-refractivity contribution in [2.75, 3.05) is 14.2 Å². The molecule has 3 N–H and O–H groups in total. The van der Waals surface area contributed by atoms with Gasteiger partial charge in [-0.15, -0.1) is 0 Å². The molecular weight excluding hydrogens is 308 g/mol. The highest BCUT2D eigenvalue weighted by Crippen LogP contribution is 2.30. The molecule has 0 amide bonds. The minimum Gasteiger partial charge on any atom is -0.497 e. The highest BCUT2D eigenvalue weighted by Gasteiger charge is 2.12. The predicted molar refractivity (Wildman–Crippen MR) is 90.9 cm³/mol. The second-order valence-electron chi connectivity index (χ2n) is 5.35. The Hall–Kier alpha value is -3.15. The number of imidazole rings is 1. The van der Waals surface area contributed by atoms with Crippen LogP contribution in [0.25, 0.3) is 11.3 Å². The number of benzene rings is 2. The van der Waals surface area contributed by atoms with Crippen LogP contribution in [0.4, 0.5) is 0 Å². The summed E-state index contributed by atoms with van der Waals surface area (Å²) in [4.78, 5) is 16.2. The predicted octanol–water partition coefficient (Wildman–Crippen LogP) is 2.68. The maximum atomic E-state index is 11.3. The number of rotatable bonds is 5. The van der Waals surface area contributed by atoms with Gasteiger partial charge in [0.2, 0.25) is 5.88 Å². The Morgan fingerprint density at radius 1 is 1.00 bits per heavy atom. The zero-order valence-corrected chi connectivity index (χ0v) is 13.4. The average molecular weight is 326 g/mol. The number of nitrogens with one attached hydrogen (secondary N) is 2. The summed E-state index contributed by atoms with van der Waals surface area (Å²) in [5, 5.41) is 9.82. The van der Waals surface area contributed by atoms with Crippen LogP contribution in [0.2, 0.25) is 0 Å². The Bertz CT molecular complexity index is 894. The lowest BCUT2D eigenvalue weighted by Gasteiger charge is -2.11. The van der Waals surface area contributed by atoms with E-state index in [1.165, 1.54) is 0 Å². The number of aromatic amines is 2. The average Bonchev–Trinajstić information content (AvgIpc) is 2.94. The molecule has 24 heavy (non-hydrogen) atoms. The number of methoxy groups -OCH3 is 2. The van der Waals surface area contributed by atoms with Gasteiger partial charge in [0, 0.05) is 12.0 Å². The molecule has 6 heteroatoms. The first kappa shape index (κ1) is 15.7. The molecule has 3 aromatic rings. The lowest BCUT2D eigenvalue weighted by Crippen LogP contribution is -2.00. The van der Waals surface area contributed by atoms with Crippen molar-refractivity contribution in [3.05, 3.63) is 64.1 Å². The smallest absolute Gasteiger partial charge is 0.326 e. The van der Waals surface area contributed by atoms with E-state index < -0.39 is 5.69 Å². The molecule has 0 aliphatic rings. The number of aromatic nitrogens is 2. The summed E-state index contributed by atoms with van der Waals surface area (Å²) in [6.45, 7) is 0. The van der Waals surface area contributed by atoms with E-state index in [2.05, 4.69) is 9.97 Å². The number of aromatic hydroxyl groups is 1. The minimum absolute atomic E-state index is 0.180. The van der Waals surface area contributed by atoms with E-state index in [1.807, 2.05) is 36.4 Å². The van der Waals surface area contributed by atoms with Crippen LogP contribution < -0.4 is 15.2 Å². The highest BCUT2D eigenvalue weighted by atomic mass is 16.5. The first-order chi connectivity index (χ1) is 11.6. The summed E-state index contributed by atoms with van der Waals surface area (Å²) in [6.07, 6.45) is 0.649. The van der Waals surface area contributed by atoms with Gasteiger partial charge in [-0.25, -0.2) is 4.79 Å². The van der Waals surface area contributed by atoms with Crippen LogP contribution in [0.5, 0.6) is 17.4 Å². The van der Waals surface area contributed by atoms with Crippen LogP contribution in [0.1, 0.15) is 11.1 Å². The molecule has 3 rings (SSSR count). The summed E-state index contributed by atoms with van der Waals surface area (Å²) >= 11 is 0. The third-order valence-electron chi connectivity index (χ3n) is 3.83. The molecular formula is C18H18N2O4. The monoisotopic (exact) mass is 326 g/mol. The number of hydrogen-bond acceptors (Lipinski definition) is 4. The molecule has 0 spiro atoms. The van der Waals surface area contributed by atoms with Crippen molar-refractivity contribution in [1.82, 2.24) is 9.97 Å². The van der Waals surface area contributed by atoms with Gasteiger partial charge in [0.25, 0.3) is 0 Å². The second kappa shape index (κ2) is 6.54. The van der Waals surface area contributed by atoms with Crippen molar-refractivity contribution < 1.29 is 14.6 Å². The first-order valence-electron chi connectivity index (χ1n) is 7.42. The van der Waals surface area contributed by atoms with E-state index in [4.69, 9.17) is 9.47 Å². The lowest BCUT2D eigenvalue weighted by atomic mass is 10.0. The summed E-state index contributed by atoms with van der Waals surface area (Å²) < 4.78 is 10.6. The Morgan fingerprint density at radius 3 is 2.33 bits per heavy atom. The molecule has 0 atom stereocenters. The normalized spacial score (nSPS) is 10.6. The topological polar surface area (TPSA) is 87.3 Å². The van der Waals surface area contributed by atoms with Crippen molar-refractivity contribution >= 4 is 0 Å². The molecule has 0 saturated heterocycles. The Kier molecular flexibility index (Phi) is 4.29. The van der Waals surface area contributed by atoms with Crippen LogP contribution in [0.3, 0.4) is 0 Å². The van der Waals surface area contributed by atoms with E-state index in [0.717, 1.165) is 22.6 Å². The van der Waals surface area contributed by atoms with Gasteiger partial charge in [0.15, 0.2) is 0 Å². The number of ether oxygens (including phenoxy) is 2. The molecule has 0 aliphatic heterocycles. The maximum Gasteiger partial charge on any atom is 0.326 e. The second-order valence-corrected chi connectivity index (χ2v) is 5.35. The van der Waals surface area contributed by atoms with E-state index in [-0.39, 0.29) is 5.88 Å². The van der Waals surface area contributed by atoms with Gasteiger partial charge in [-0.1, -0.05) is 12.1 Å². The van der Waals surface area contributed by atoms with Crippen LogP contribution in [0.15, 0.2) is 47.3 Å². The number of H-pyrrole nitrogens is 2. The third kappa shape index (κ3) is 3.12. The van der Waals surface area contributed by atoms with Crippen LogP contribution in [-0.4, -0.2) is 29.3 Å². The van der Waals surface area contributed by atoms with Gasteiger partial charge in [0.05, 0.1) is 14.2 Å². The van der Waals surface area contributed by atoms with Gasteiger partial charge in [-0.05, 0) is 41.5 Å². The summed E-state index contributed by atoms with van der Waals surface area (Å²) in [5.74, 6) is 1.36. The van der Waals surface area contributed by atoms with Crippen LogP contribution >= 0.6 is 0 Å². The van der Waals surface area contributed by atoms with Gasteiger partial charge >= 0.3 is 5.69 Å². The molecule has 0 unspecified atom stereocenters. The van der Waals surface area contributed by atoms with E-state index in [1.54, 1.807) is 20.3 Å². The zero-order chi connectivity index (χ0) is 17.1. The molecule has 6 nitrogen and oxygen atoms in total. The standard InChI is InChI=1S/C18H18N2O4/c1-23-14-6-3-11(4-7-14)9-13-10-12(5-8-15(13)24-2)16-17(21)20-18(22)19-16/h3-8,10,21H,9H2,1-2H3,(H2,19,20,22). The maximum absolute atomic E-state index is 11.3. The molecule has 124 valence electrons. The zero-order valence-electron chi connectivity index (χ0n) is 13.4. The van der Waals surface area contributed by atoms with Crippen LogP contribution in [-0.2, 0) is 6.42 Å². The van der Waals surface area contributed by atoms with Gasteiger partial charge < -0.3 is 19.6 Å². The van der Waals surface area contributed by atoms with Gasteiger partial charge in [0.1, 0.15) is 17.2 Å². The molecule has 2 aromatic carbocycles. The largest absolute Gasteiger partial charge is 0.497 e. The summed E-state index contributed by atoms with van der Waals surface area (Å²) in [5.41, 5.74) is 2.66. The van der Waals surface area contributed by atoms with E-state index in [0.29, 0.717) is 17.7 Å². The summed E-state index contributed by atoms with van der Waals surface area (Å²) in [7, 11) is 3.24. The molecule has 0 radical (unpaired) electrons. The highest BCUT2D eigenvalue weighted by molar-refractivity contribution is 5.66. The molecule has 0 fully saturated rings. The summed E-state index contributed by atoms with van der Waals surface area (Å²) in [6, 6.07) is 13.3. The first-order valence-corrected chi connectivity index (χ1v) is 7.42. The molecule has 1 heterocycles. The van der Waals surface area contributed by atoms with Gasteiger partial charge in [-0.2, -0.15) is 0 Å². The Balaban J connectivity index is 1.97. The van der Waals surface area contributed by atoms with E-state index in [9.17, 15) is 9.90 Å². The fourth-order valence-electron chi connectivity index (χ4n) is 2.62. The van der Waals surface area contributed by atoms with Crippen molar-refractivity contribution in [3.8, 4) is 28.6 Å². The Morgan fingerprint density at radius 2 is 1.75 bits per heavy atom.